The zero-order valence-corrected chi connectivity index (χ0v) is 20.4. The number of ether oxygens (including phenoxy) is 3. The first-order valence-electron chi connectivity index (χ1n) is 11.5. The minimum atomic E-state index is -0.621. The van der Waals surface area contributed by atoms with Crippen LogP contribution in [0.3, 0.4) is 0 Å². The Balaban J connectivity index is 1.85. The number of nitrogens with two attached hydrogens (primary N) is 1. The molecule has 1 fully saturated rings. The fourth-order valence-corrected chi connectivity index (χ4v) is 3.90. The summed E-state index contributed by atoms with van der Waals surface area (Å²) in [5, 5.41) is 2.80. The topological polar surface area (TPSA) is 117 Å². The summed E-state index contributed by atoms with van der Waals surface area (Å²) in [6, 6.07) is 7.87. The Kier molecular flexibility index (Phi) is 9.70. The molecular formula is C25H38N2O6. The number of primary amides is 1. The Morgan fingerprint density at radius 3 is 2.33 bits per heavy atom. The van der Waals surface area contributed by atoms with Crippen LogP contribution in [0.4, 0.5) is 4.79 Å². The number of hydrogen-bond acceptors (Lipinski definition) is 6. The van der Waals surface area contributed by atoms with Crippen LogP contribution in [0, 0.1) is 5.92 Å². The first-order valence-corrected chi connectivity index (χ1v) is 11.5. The van der Waals surface area contributed by atoms with Crippen molar-refractivity contribution >= 4 is 18.0 Å². The van der Waals surface area contributed by atoms with Crippen LogP contribution in [0.2, 0.25) is 0 Å². The summed E-state index contributed by atoms with van der Waals surface area (Å²) < 4.78 is 16.1. The molecule has 184 valence electrons. The van der Waals surface area contributed by atoms with E-state index in [9.17, 15) is 14.4 Å². The predicted octanol–water partition coefficient (Wildman–Crippen LogP) is 3.81. The number of amides is 2. The van der Waals surface area contributed by atoms with Crippen LogP contribution in [0.15, 0.2) is 24.3 Å². The molecule has 1 aromatic carbocycles. The molecule has 0 saturated heterocycles. The van der Waals surface area contributed by atoms with Crippen molar-refractivity contribution in [3.05, 3.63) is 35.4 Å². The molecular weight excluding hydrogens is 424 g/mol. The summed E-state index contributed by atoms with van der Waals surface area (Å²) >= 11 is 0. The van der Waals surface area contributed by atoms with Crippen LogP contribution in [-0.4, -0.2) is 42.8 Å². The Hall–Kier alpha value is -2.61. The van der Waals surface area contributed by atoms with E-state index in [2.05, 4.69) is 17.4 Å². The van der Waals surface area contributed by atoms with Crippen LogP contribution in [0.25, 0.3) is 0 Å². The number of rotatable bonds is 11. The zero-order chi connectivity index (χ0) is 24.6. The minimum absolute atomic E-state index is 0.140. The van der Waals surface area contributed by atoms with E-state index in [4.69, 9.17) is 19.9 Å². The number of hydrogen-bond donors (Lipinski definition) is 2. The lowest BCUT2D eigenvalue weighted by molar-refractivity contribution is -0.142. The maximum absolute atomic E-state index is 12.2. The van der Waals surface area contributed by atoms with Crippen molar-refractivity contribution in [2.45, 2.75) is 90.1 Å². The molecule has 2 amide bonds. The summed E-state index contributed by atoms with van der Waals surface area (Å²) in [5.74, 6) is 0.305. The van der Waals surface area contributed by atoms with Crippen molar-refractivity contribution in [3.63, 3.8) is 0 Å². The molecule has 0 aromatic heterocycles. The lowest BCUT2D eigenvalue weighted by Gasteiger charge is -2.35. The van der Waals surface area contributed by atoms with Gasteiger partial charge in [0.15, 0.2) is 0 Å². The van der Waals surface area contributed by atoms with Gasteiger partial charge in [-0.05, 0) is 69.9 Å². The summed E-state index contributed by atoms with van der Waals surface area (Å²) in [4.78, 5) is 34.8. The van der Waals surface area contributed by atoms with E-state index >= 15 is 0 Å². The average Bonchev–Trinajstić information content (AvgIpc) is 2.70. The van der Waals surface area contributed by atoms with E-state index in [1.165, 1.54) is 12.7 Å². The summed E-state index contributed by atoms with van der Waals surface area (Å²) in [5.41, 5.74) is 6.94. The highest BCUT2D eigenvalue weighted by Gasteiger charge is 2.32. The predicted molar refractivity (Wildman–Crippen MR) is 124 cm³/mol. The molecule has 1 aliphatic rings. The molecule has 0 heterocycles. The number of benzene rings is 1. The molecule has 0 radical (unpaired) electrons. The van der Waals surface area contributed by atoms with Gasteiger partial charge in [-0.1, -0.05) is 24.3 Å². The standard InChI is InChI=1S/C25H38N2O6/c1-16(21(10-11-22(26)28)27-24(30)33-25(2,3)4)32-15-17-6-8-19(9-7-17)20-12-18(13-20)14-23(29)31-5/h6-9,16,18,20-21H,10-15H2,1-5H3,(H2,26,28)(H,27,30)/t16-,18?,20?,21+/m1/s1. The fraction of sp³-hybridized carbons (Fsp3) is 0.640. The lowest BCUT2D eigenvalue weighted by Crippen LogP contribution is -2.45. The molecule has 8 nitrogen and oxygen atoms in total. The first kappa shape index (κ1) is 26.6. The largest absolute Gasteiger partial charge is 0.469 e. The molecule has 1 aliphatic carbocycles. The molecule has 0 unspecified atom stereocenters. The van der Waals surface area contributed by atoms with Crippen molar-refractivity contribution < 1.29 is 28.6 Å². The second kappa shape index (κ2) is 12.0. The molecule has 3 N–H and O–H groups in total. The van der Waals surface area contributed by atoms with Gasteiger partial charge in [0, 0.05) is 12.8 Å². The van der Waals surface area contributed by atoms with Crippen molar-refractivity contribution in [2.24, 2.45) is 11.7 Å². The number of esters is 1. The summed E-state index contributed by atoms with van der Waals surface area (Å²) in [6.07, 6.45) is 2.10. The van der Waals surface area contributed by atoms with Gasteiger partial charge in [-0.2, -0.15) is 0 Å². The van der Waals surface area contributed by atoms with Gasteiger partial charge in [0.25, 0.3) is 0 Å². The Morgan fingerprint density at radius 1 is 1.15 bits per heavy atom. The monoisotopic (exact) mass is 462 g/mol. The maximum Gasteiger partial charge on any atom is 0.407 e. The third-order valence-corrected chi connectivity index (χ3v) is 5.85. The van der Waals surface area contributed by atoms with Gasteiger partial charge in [0.1, 0.15) is 5.60 Å². The van der Waals surface area contributed by atoms with E-state index < -0.39 is 23.6 Å². The number of methoxy groups -OCH3 is 1. The molecule has 0 aliphatic heterocycles. The van der Waals surface area contributed by atoms with E-state index in [0.29, 0.717) is 31.3 Å². The van der Waals surface area contributed by atoms with Gasteiger partial charge < -0.3 is 25.3 Å². The van der Waals surface area contributed by atoms with Gasteiger partial charge in [-0.25, -0.2) is 4.79 Å². The van der Waals surface area contributed by atoms with E-state index in [0.717, 1.165) is 18.4 Å². The van der Waals surface area contributed by atoms with E-state index in [-0.39, 0.29) is 18.5 Å². The maximum atomic E-state index is 12.2. The quantitative estimate of drug-likeness (QED) is 0.483. The molecule has 8 heteroatoms. The molecule has 0 spiro atoms. The number of alkyl carbamates (subject to hydrolysis) is 1. The highest BCUT2D eigenvalue weighted by molar-refractivity contribution is 5.74. The molecule has 1 aromatic rings. The van der Waals surface area contributed by atoms with Crippen molar-refractivity contribution in [1.82, 2.24) is 5.32 Å². The third kappa shape index (κ3) is 9.42. The van der Waals surface area contributed by atoms with Crippen molar-refractivity contribution in [2.75, 3.05) is 7.11 Å². The van der Waals surface area contributed by atoms with Crippen LogP contribution in [0.1, 0.15) is 76.8 Å². The van der Waals surface area contributed by atoms with Crippen LogP contribution in [0.5, 0.6) is 0 Å². The highest BCUT2D eigenvalue weighted by atomic mass is 16.6. The fourth-order valence-electron chi connectivity index (χ4n) is 3.90. The minimum Gasteiger partial charge on any atom is -0.469 e. The Labute approximate surface area is 196 Å². The number of carbonyl (C=O) groups excluding carboxylic acids is 3. The molecule has 0 bridgehead atoms. The molecule has 1 saturated carbocycles. The van der Waals surface area contributed by atoms with Crippen molar-refractivity contribution in [1.29, 1.82) is 0 Å². The SMILES string of the molecule is COC(=O)CC1CC(c2ccc(CO[C@H](C)[C@H](CCC(N)=O)NC(=O)OC(C)(C)C)cc2)C1. The normalized spacial score (nSPS) is 19.7. The second-order valence-electron chi connectivity index (χ2n) is 9.83. The number of nitrogens with one attached hydrogen (secondary N) is 1. The van der Waals surface area contributed by atoms with Gasteiger partial charge in [0.05, 0.1) is 25.9 Å². The highest BCUT2D eigenvalue weighted by Crippen LogP contribution is 2.43. The van der Waals surface area contributed by atoms with E-state index in [1.54, 1.807) is 20.8 Å². The third-order valence-electron chi connectivity index (χ3n) is 5.85. The zero-order valence-electron chi connectivity index (χ0n) is 20.4. The van der Waals surface area contributed by atoms with Crippen LogP contribution in [-0.2, 0) is 30.4 Å². The lowest BCUT2D eigenvalue weighted by atomic mass is 9.70. The summed E-state index contributed by atoms with van der Waals surface area (Å²) in [6.45, 7) is 7.60. The van der Waals surface area contributed by atoms with Gasteiger partial charge in [0.2, 0.25) is 5.91 Å². The molecule has 2 rings (SSSR count). The first-order chi connectivity index (χ1) is 15.5. The smallest absolute Gasteiger partial charge is 0.407 e. The van der Waals surface area contributed by atoms with Gasteiger partial charge >= 0.3 is 12.1 Å². The van der Waals surface area contributed by atoms with Crippen LogP contribution >= 0.6 is 0 Å². The van der Waals surface area contributed by atoms with E-state index in [1.807, 2.05) is 19.1 Å². The Morgan fingerprint density at radius 2 is 1.79 bits per heavy atom. The van der Waals surface area contributed by atoms with Crippen molar-refractivity contribution in [3.8, 4) is 0 Å². The Bertz CT molecular complexity index is 796. The average molecular weight is 463 g/mol. The van der Waals surface area contributed by atoms with Gasteiger partial charge in [-0.3, -0.25) is 9.59 Å². The van der Waals surface area contributed by atoms with Crippen LogP contribution < -0.4 is 11.1 Å². The molecule has 2 atom stereocenters. The summed E-state index contributed by atoms with van der Waals surface area (Å²) in [7, 11) is 1.42. The second-order valence-corrected chi connectivity index (χ2v) is 9.83. The van der Waals surface area contributed by atoms with Gasteiger partial charge in [-0.15, -0.1) is 0 Å². The number of carbonyl (C=O) groups is 3. The molecule has 33 heavy (non-hydrogen) atoms.